The van der Waals surface area contributed by atoms with Crippen LogP contribution in [-0.4, -0.2) is 25.0 Å². The molecule has 1 heteroatoms. The molecule has 0 aromatic carbocycles. The fraction of sp³-hybridized carbons (Fsp3) is 1.00. The Morgan fingerprint density at radius 3 is 0.967 bits per heavy atom. The maximum atomic E-state index is 2.81. The third-order valence-electron chi connectivity index (χ3n) is 9.13. The van der Waals surface area contributed by atoms with E-state index < -0.39 is 0 Å². The summed E-state index contributed by atoms with van der Waals surface area (Å²) in [6.45, 7) is 2.79. The van der Waals surface area contributed by atoms with Crippen LogP contribution in [0.4, 0.5) is 0 Å². The van der Waals surface area contributed by atoms with E-state index in [4.69, 9.17) is 0 Å². The lowest BCUT2D eigenvalue weighted by Crippen LogP contribution is -2.37. The highest BCUT2D eigenvalue weighted by Gasteiger charge is 2.28. The summed E-state index contributed by atoms with van der Waals surface area (Å²) in [7, 11) is 2.48. The molecule has 2 saturated carbocycles. The molecule has 0 amide bonds. The van der Waals surface area contributed by atoms with Crippen molar-refractivity contribution in [2.24, 2.45) is 23.7 Å². The Balaban J connectivity index is 1.64. The average Bonchev–Trinajstić information content (AvgIpc) is 2.77. The van der Waals surface area contributed by atoms with Crippen molar-refractivity contribution in [3.63, 3.8) is 0 Å². The number of hydrogen-bond acceptors (Lipinski definition) is 1. The molecule has 0 radical (unpaired) electrons. The lowest BCUT2D eigenvalue weighted by Gasteiger charge is -2.37. The first-order valence-corrected chi connectivity index (χ1v) is 14.5. The van der Waals surface area contributed by atoms with E-state index in [-0.39, 0.29) is 0 Å². The summed E-state index contributed by atoms with van der Waals surface area (Å²) in [6.07, 6.45) is 33.2. The van der Waals surface area contributed by atoms with Gasteiger partial charge in [0.25, 0.3) is 0 Å². The van der Waals surface area contributed by atoms with Crippen LogP contribution < -0.4 is 0 Å². The van der Waals surface area contributed by atoms with Gasteiger partial charge in [0.2, 0.25) is 0 Å². The lowest BCUT2D eigenvalue weighted by molar-refractivity contribution is 0.122. The molecule has 1 heterocycles. The molecule has 4 atom stereocenters. The largest absolute Gasteiger partial charge is 0.306 e. The van der Waals surface area contributed by atoms with Crippen LogP contribution in [-0.2, 0) is 0 Å². The molecule has 1 nitrogen and oxygen atoms in total. The fourth-order valence-electron chi connectivity index (χ4n) is 7.27. The Labute approximate surface area is 190 Å². The summed E-state index contributed by atoms with van der Waals surface area (Å²) < 4.78 is 0. The topological polar surface area (TPSA) is 3.24 Å². The van der Waals surface area contributed by atoms with Gasteiger partial charge in [-0.05, 0) is 43.6 Å². The molecule has 176 valence electrons. The van der Waals surface area contributed by atoms with Crippen molar-refractivity contribution < 1.29 is 0 Å². The van der Waals surface area contributed by atoms with Gasteiger partial charge >= 0.3 is 0 Å². The van der Waals surface area contributed by atoms with Crippen molar-refractivity contribution in [1.29, 1.82) is 0 Å². The van der Waals surface area contributed by atoms with Crippen molar-refractivity contribution in [2.75, 3.05) is 20.1 Å². The van der Waals surface area contributed by atoms with Gasteiger partial charge in [0.15, 0.2) is 0 Å². The van der Waals surface area contributed by atoms with Gasteiger partial charge in [-0.15, -0.1) is 0 Å². The molecule has 1 aliphatic heterocycles. The zero-order valence-corrected chi connectivity index (χ0v) is 20.7. The van der Waals surface area contributed by atoms with E-state index in [1.165, 1.54) is 142 Å². The van der Waals surface area contributed by atoms with Gasteiger partial charge in [-0.2, -0.15) is 0 Å². The highest BCUT2D eigenvalue weighted by Crippen LogP contribution is 2.36. The van der Waals surface area contributed by atoms with Crippen molar-refractivity contribution in [1.82, 2.24) is 4.90 Å². The molecule has 3 aliphatic rings. The Hall–Kier alpha value is -0.0400. The Morgan fingerprint density at radius 1 is 0.333 bits per heavy atom. The van der Waals surface area contributed by atoms with Gasteiger partial charge in [-0.3, -0.25) is 0 Å². The first kappa shape index (κ1) is 24.6. The van der Waals surface area contributed by atoms with Crippen LogP contribution >= 0.6 is 0 Å². The van der Waals surface area contributed by atoms with E-state index in [0.717, 1.165) is 23.7 Å². The molecule has 2 aliphatic carbocycles. The predicted molar refractivity (Wildman–Crippen MR) is 133 cm³/mol. The second kappa shape index (κ2) is 14.9. The zero-order valence-electron chi connectivity index (χ0n) is 20.7. The minimum Gasteiger partial charge on any atom is -0.306 e. The van der Waals surface area contributed by atoms with Crippen molar-refractivity contribution in [3.8, 4) is 0 Å². The van der Waals surface area contributed by atoms with E-state index in [0.29, 0.717) is 0 Å². The SMILES string of the molecule is CN1CC2CCCCCCCCCCC2CCCC2CCCCCCCCCC2C1. The van der Waals surface area contributed by atoms with Crippen LogP contribution in [0.3, 0.4) is 0 Å². The standard InChI is InChI=1S/C29H55N/c1-30-24-28-20-15-11-6-3-2-5-9-13-18-26(28)22-17-23-27-19-14-10-7-4-8-12-16-21-29(27)25-30/h26-29H,2-25H2,1H3. The van der Waals surface area contributed by atoms with Crippen LogP contribution in [0.2, 0.25) is 0 Å². The second-order valence-electron chi connectivity index (χ2n) is 11.7. The van der Waals surface area contributed by atoms with Crippen LogP contribution in [0, 0.1) is 23.7 Å². The van der Waals surface area contributed by atoms with Gasteiger partial charge in [0.05, 0.1) is 0 Å². The molecular weight excluding hydrogens is 362 g/mol. The van der Waals surface area contributed by atoms with Crippen LogP contribution in [0.15, 0.2) is 0 Å². The zero-order chi connectivity index (χ0) is 20.9. The highest BCUT2D eigenvalue weighted by atomic mass is 15.1. The van der Waals surface area contributed by atoms with Gasteiger partial charge < -0.3 is 4.90 Å². The third kappa shape index (κ3) is 9.22. The van der Waals surface area contributed by atoms with E-state index in [2.05, 4.69) is 11.9 Å². The van der Waals surface area contributed by atoms with E-state index >= 15 is 0 Å². The molecular formula is C29H55N. The lowest BCUT2D eigenvalue weighted by atomic mass is 9.75. The summed E-state index contributed by atoms with van der Waals surface area (Å²) in [5.41, 5.74) is 0. The molecule has 3 rings (SSSR count). The monoisotopic (exact) mass is 417 g/mol. The quantitative estimate of drug-likeness (QED) is 0.380. The van der Waals surface area contributed by atoms with E-state index in [9.17, 15) is 0 Å². The smallest absolute Gasteiger partial charge is 0.000937 e. The molecule has 0 aromatic rings. The maximum Gasteiger partial charge on any atom is 0.000937 e. The third-order valence-corrected chi connectivity index (χ3v) is 9.13. The number of hydrogen-bond donors (Lipinski definition) is 0. The average molecular weight is 418 g/mol. The molecule has 1 saturated heterocycles. The molecule has 4 unspecified atom stereocenters. The van der Waals surface area contributed by atoms with Gasteiger partial charge in [0, 0.05) is 13.1 Å². The normalized spacial score (nSPS) is 35.5. The molecule has 30 heavy (non-hydrogen) atoms. The van der Waals surface area contributed by atoms with Gasteiger partial charge in [-0.1, -0.05) is 128 Å². The Morgan fingerprint density at radius 2 is 0.600 bits per heavy atom. The number of rotatable bonds is 0. The maximum absolute atomic E-state index is 2.81. The number of nitrogens with zero attached hydrogens (tertiary/aromatic N) is 1. The summed E-state index contributed by atoms with van der Waals surface area (Å²) >= 11 is 0. The van der Waals surface area contributed by atoms with Gasteiger partial charge in [0.1, 0.15) is 0 Å². The summed E-state index contributed by atoms with van der Waals surface area (Å²) in [6, 6.07) is 0. The first-order valence-electron chi connectivity index (χ1n) is 14.5. The second-order valence-corrected chi connectivity index (χ2v) is 11.7. The first-order chi connectivity index (χ1) is 14.8. The van der Waals surface area contributed by atoms with Crippen molar-refractivity contribution in [2.45, 2.75) is 141 Å². The molecule has 0 spiro atoms. The van der Waals surface area contributed by atoms with E-state index in [1.54, 1.807) is 12.8 Å². The van der Waals surface area contributed by atoms with Crippen molar-refractivity contribution >= 4 is 0 Å². The Kier molecular flexibility index (Phi) is 12.2. The molecule has 0 bridgehead atoms. The van der Waals surface area contributed by atoms with Crippen LogP contribution in [0.25, 0.3) is 0 Å². The van der Waals surface area contributed by atoms with Crippen LogP contribution in [0.5, 0.6) is 0 Å². The summed E-state index contributed by atoms with van der Waals surface area (Å²) in [5.74, 6) is 4.00. The van der Waals surface area contributed by atoms with Crippen LogP contribution in [0.1, 0.15) is 141 Å². The summed E-state index contributed by atoms with van der Waals surface area (Å²) in [5, 5.41) is 0. The van der Waals surface area contributed by atoms with Crippen molar-refractivity contribution in [3.05, 3.63) is 0 Å². The highest BCUT2D eigenvalue weighted by molar-refractivity contribution is 4.81. The molecule has 0 N–H and O–H groups in total. The Bertz CT molecular complexity index is 419. The predicted octanol–water partition coefficient (Wildman–Crippen LogP) is 9.01. The molecule has 3 fully saturated rings. The van der Waals surface area contributed by atoms with E-state index in [1.807, 2.05) is 0 Å². The van der Waals surface area contributed by atoms with Gasteiger partial charge in [-0.25, -0.2) is 0 Å². The minimum absolute atomic E-state index is 0.980. The minimum atomic E-state index is 0.980. The molecule has 0 aromatic heterocycles. The fourth-order valence-corrected chi connectivity index (χ4v) is 7.27. The summed E-state index contributed by atoms with van der Waals surface area (Å²) in [4.78, 5) is 2.81. The number of fused-ring (bicyclic) bond motifs is 2.